The molecule has 0 aromatic heterocycles. The van der Waals surface area contributed by atoms with Gasteiger partial charge in [-0.15, -0.1) is 0 Å². The van der Waals surface area contributed by atoms with E-state index in [1.54, 1.807) is 0 Å². The Morgan fingerprint density at radius 3 is 2.53 bits per heavy atom. The predicted molar refractivity (Wildman–Crippen MR) is 63.0 cm³/mol. The van der Waals surface area contributed by atoms with E-state index in [4.69, 9.17) is 10.00 Å². The average molecular weight is 236 g/mol. The molecule has 1 aliphatic heterocycles. The van der Waals surface area contributed by atoms with Gasteiger partial charge in [-0.1, -0.05) is 20.3 Å². The topological polar surface area (TPSA) is 62.1 Å². The van der Waals surface area contributed by atoms with Crippen molar-refractivity contribution in [3.05, 3.63) is 0 Å². The van der Waals surface area contributed by atoms with E-state index in [1.165, 1.54) is 19.3 Å². The number of carbonyl (C=O) groups is 1. The molecule has 0 radical (unpaired) electrons. The molecule has 4 nitrogen and oxygen atoms in total. The van der Waals surface area contributed by atoms with Crippen LogP contribution in [0.25, 0.3) is 0 Å². The number of rotatable bonds is 4. The second kappa shape index (κ2) is 4.30. The van der Waals surface area contributed by atoms with E-state index < -0.39 is 5.41 Å². The van der Waals surface area contributed by atoms with Crippen LogP contribution in [0.1, 0.15) is 33.1 Å². The van der Waals surface area contributed by atoms with Crippen molar-refractivity contribution in [1.82, 2.24) is 5.32 Å². The first-order chi connectivity index (χ1) is 8.00. The number of nitrogens with one attached hydrogen (secondary N) is 1. The van der Waals surface area contributed by atoms with E-state index >= 15 is 0 Å². The Morgan fingerprint density at radius 1 is 1.53 bits per heavy atom. The van der Waals surface area contributed by atoms with Gasteiger partial charge in [-0.3, -0.25) is 4.79 Å². The molecular formula is C13H20N2O2. The van der Waals surface area contributed by atoms with Gasteiger partial charge in [-0.25, -0.2) is 0 Å². The third-order valence-corrected chi connectivity index (χ3v) is 4.26. The van der Waals surface area contributed by atoms with Crippen LogP contribution in [-0.2, 0) is 9.53 Å². The van der Waals surface area contributed by atoms with Crippen LogP contribution < -0.4 is 5.32 Å². The molecule has 1 amide bonds. The van der Waals surface area contributed by atoms with Crippen molar-refractivity contribution >= 4 is 5.91 Å². The number of carbonyl (C=O) groups excluding carboxylic acids is 1. The van der Waals surface area contributed by atoms with E-state index in [-0.39, 0.29) is 24.5 Å². The molecule has 1 aliphatic carbocycles. The minimum atomic E-state index is -0.921. The van der Waals surface area contributed by atoms with Crippen LogP contribution in [0.4, 0.5) is 0 Å². The summed E-state index contributed by atoms with van der Waals surface area (Å²) in [4.78, 5) is 11.9. The molecule has 0 unspecified atom stereocenters. The quantitative estimate of drug-likeness (QED) is 0.804. The Hall–Kier alpha value is -1.08. The lowest BCUT2D eigenvalue weighted by Crippen LogP contribution is -2.55. The van der Waals surface area contributed by atoms with Gasteiger partial charge in [0, 0.05) is 6.54 Å². The maximum absolute atomic E-state index is 11.9. The van der Waals surface area contributed by atoms with Gasteiger partial charge in [-0.05, 0) is 24.2 Å². The molecule has 0 spiro atoms. The minimum absolute atomic E-state index is 0.134. The lowest BCUT2D eigenvalue weighted by Gasteiger charge is -2.41. The molecule has 0 bridgehead atoms. The van der Waals surface area contributed by atoms with Crippen molar-refractivity contribution in [2.75, 3.05) is 19.8 Å². The summed E-state index contributed by atoms with van der Waals surface area (Å²) < 4.78 is 4.98. The summed E-state index contributed by atoms with van der Waals surface area (Å²) in [5.74, 6) is 0.539. The van der Waals surface area contributed by atoms with Crippen LogP contribution in [0.2, 0.25) is 0 Å². The molecule has 94 valence electrons. The molecule has 1 N–H and O–H groups in total. The molecule has 0 aromatic carbocycles. The fraction of sp³-hybridized carbons (Fsp3) is 0.846. The molecule has 1 heterocycles. The Kier molecular flexibility index (Phi) is 3.13. The van der Waals surface area contributed by atoms with Gasteiger partial charge in [0.1, 0.15) is 0 Å². The standard InChI is InChI=1S/C13H20N2O2/c1-12(2,10-4-3-5-10)7-15-11(16)13(6-14)8-17-9-13/h10H,3-5,7-9H2,1-2H3,(H,15,16). The highest BCUT2D eigenvalue weighted by atomic mass is 16.5. The van der Waals surface area contributed by atoms with Crippen molar-refractivity contribution < 1.29 is 9.53 Å². The van der Waals surface area contributed by atoms with Crippen molar-refractivity contribution in [3.63, 3.8) is 0 Å². The molecular weight excluding hydrogens is 216 g/mol. The lowest BCUT2D eigenvalue weighted by molar-refractivity contribution is -0.150. The first-order valence-corrected chi connectivity index (χ1v) is 6.27. The van der Waals surface area contributed by atoms with E-state index in [0.717, 1.165) is 0 Å². The van der Waals surface area contributed by atoms with E-state index in [2.05, 4.69) is 25.2 Å². The van der Waals surface area contributed by atoms with Gasteiger partial charge in [0.2, 0.25) is 5.91 Å². The highest BCUT2D eigenvalue weighted by Gasteiger charge is 2.47. The van der Waals surface area contributed by atoms with Crippen LogP contribution in [-0.4, -0.2) is 25.7 Å². The molecule has 2 fully saturated rings. The van der Waals surface area contributed by atoms with Gasteiger partial charge in [0.15, 0.2) is 5.41 Å². The summed E-state index contributed by atoms with van der Waals surface area (Å²) in [5, 5.41) is 11.9. The van der Waals surface area contributed by atoms with E-state index in [9.17, 15) is 4.79 Å². The Morgan fingerprint density at radius 2 is 2.18 bits per heavy atom. The average Bonchev–Trinajstić information content (AvgIpc) is 2.10. The summed E-state index contributed by atoms with van der Waals surface area (Å²) in [6, 6.07) is 2.07. The highest BCUT2D eigenvalue weighted by molar-refractivity contribution is 5.86. The third-order valence-electron chi connectivity index (χ3n) is 4.26. The zero-order valence-corrected chi connectivity index (χ0v) is 10.6. The first kappa shape index (κ1) is 12.4. The van der Waals surface area contributed by atoms with Crippen LogP contribution in [0, 0.1) is 28.1 Å². The maximum atomic E-state index is 11.9. The predicted octanol–water partition coefficient (Wildman–Crippen LogP) is 1.47. The van der Waals surface area contributed by atoms with Crippen LogP contribution >= 0.6 is 0 Å². The summed E-state index contributed by atoms with van der Waals surface area (Å²) >= 11 is 0. The normalized spacial score (nSPS) is 23.1. The van der Waals surface area contributed by atoms with Gasteiger partial charge in [0.25, 0.3) is 0 Å². The maximum Gasteiger partial charge on any atom is 0.245 e. The Balaban J connectivity index is 1.85. The molecule has 0 atom stereocenters. The number of amides is 1. The number of nitriles is 1. The largest absolute Gasteiger partial charge is 0.377 e. The summed E-state index contributed by atoms with van der Waals surface area (Å²) in [6.45, 7) is 5.50. The van der Waals surface area contributed by atoms with Gasteiger partial charge in [0.05, 0.1) is 19.3 Å². The SMILES string of the molecule is CC(C)(CNC(=O)C1(C#N)COC1)C1CCC1. The Bertz CT molecular complexity index is 349. The third kappa shape index (κ3) is 2.16. The van der Waals surface area contributed by atoms with E-state index in [0.29, 0.717) is 12.5 Å². The van der Waals surface area contributed by atoms with E-state index in [1.807, 2.05) is 0 Å². The molecule has 4 heteroatoms. The summed E-state index contributed by atoms with van der Waals surface area (Å²) in [6.07, 6.45) is 3.82. The molecule has 0 aromatic rings. The fourth-order valence-electron chi connectivity index (χ4n) is 2.36. The smallest absolute Gasteiger partial charge is 0.245 e. The zero-order valence-electron chi connectivity index (χ0n) is 10.6. The lowest BCUT2D eigenvalue weighted by atomic mass is 9.67. The number of hydrogen-bond donors (Lipinski definition) is 1. The molecule has 1 saturated carbocycles. The van der Waals surface area contributed by atoms with Crippen molar-refractivity contribution in [3.8, 4) is 6.07 Å². The van der Waals surface area contributed by atoms with Gasteiger partial charge in [-0.2, -0.15) is 5.26 Å². The zero-order chi connectivity index (χ0) is 12.5. The monoisotopic (exact) mass is 236 g/mol. The molecule has 17 heavy (non-hydrogen) atoms. The fourth-order valence-corrected chi connectivity index (χ4v) is 2.36. The van der Waals surface area contributed by atoms with Crippen molar-refractivity contribution in [1.29, 1.82) is 5.26 Å². The molecule has 1 saturated heterocycles. The summed E-state index contributed by atoms with van der Waals surface area (Å²) in [7, 11) is 0. The second-order valence-electron chi connectivity index (χ2n) is 5.99. The minimum Gasteiger partial charge on any atom is -0.377 e. The number of ether oxygens (including phenoxy) is 1. The van der Waals surface area contributed by atoms with Crippen LogP contribution in [0.5, 0.6) is 0 Å². The number of nitrogens with zero attached hydrogens (tertiary/aromatic N) is 1. The number of hydrogen-bond acceptors (Lipinski definition) is 3. The Labute approximate surface area is 102 Å². The molecule has 2 aliphatic rings. The molecule has 2 rings (SSSR count). The van der Waals surface area contributed by atoms with Gasteiger partial charge < -0.3 is 10.1 Å². The van der Waals surface area contributed by atoms with Crippen molar-refractivity contribution in [2.24, 2.45) is 16.7 Å². The van der Waals surface area contributed by atoms with Crippen LogP contribution in [0.3, 0.4) is 0 Å². The second-order valence-corrected chi connectivity index (χ2v) is 5.99. The highest BCUT2D eigenvalue weighted by Crippen LogP contribution is 2.41. The van der Waals surface area contributed by atoms with Crippen LogP contribution in [0.15, 0.2) is 0 Å². The summed E-state index contributed by atoms with van der Waals surface area (Å²) in [5.41, 5.74) is -0.787. The first-order valence-electron chi connectivity index (χ1n) is 6.27. The van der Waals surface area contributed by atoms with Gasteiger partial charge >= 0.3 is 0 Å². The van der Waals surface area contributed by atoms with Crippen molar-refractivity contribution in [2.45, 2.75) is 33.1 Å².